The van der Waals surface area contributed by atoms with Crippen LogP contribution in [0.3, 0.4) is 0 Å². The maximum absolute atomic E-state index is 12.5. The van der Waals surface area contributed by atoms with Gasteiger partial charge in [-0.3, -0.25) is 18.2 Å². The Balaban J connectivity index is 0.000000217. The van der Waals surface area contributed by atoms with Gasteiger partial charge in [0.1, 0.15) is 87.9 Å². The Labute approximate surface area is 837 Å². The molecule has 768 valence electrons. The summed E-state index contributed by atoms with van der Waals surface area (Å²) < 4.78 is 199. The minimum atomic E-state index is -4.91. The van der Waals surface area contributed by atoms with Gasteiger partial charge in [-0.1, -0.05) is 105 Å². The van der Waals surface area contributed by atoms with Crippen LogP contribution >= 0.6 is 0 Å². The summed E-state index contributed by atoms with van der Waals surface area (Å²) in [7, 11) is -22.5. The number of aliphatic hydroxyl groups is 3. The van der Waals surface area contributed by atoms with Crippen molar-refractivity contribution < 1.29 is 108 Å². The van der Waals surface area contributed by atoms with E-state index in [9.17, 15) is 83.4 Å². The molecule has 0 aromatic heterocycles. The second-order valence-corrected chi connectivity index (χ2v) is 40.6. The van der Waals surface area contributed by atoms with Crippen LogP contribution in [0.5, 0.6) is 5.75 Å². The summed E-state index contributed by atoms with van der Waals surface area (Å²) in [4.78, 5) is 21.2. The van der Waals surface area contributed by atoms with E-state index >= 15 is 0 Å². The van der Waals surface area contributed by atoms with E-state index in [1.807, 2.05) is 50.2 Å². The highest BCUT2D eigenvalue weighted by atomic mass is 32.2. The molecule has 48 nitrogen and oxygen atoms in total. The maximum atomic E-state index is 12.5. The fraction of sp³-hybridized carbons (Fsp3) is 0.196. The van der Waals surface area contributed by atoms with E-state index < -0.39 is 115 Å². The van der Waals surface area contributed by atoms with Crippen molar-refractivity contribution in [2.45, 2.75) is 102 Å². The minimum absolute atomic E-state index is 0.0298. The SMILES string of the molecule is CCCS(=O)(=O)c1ccc(CO)c(N=Nc2c(N)c(N=Nc3ccccc3C(=O)OC)cc(S(=O)(=O)O)c2N)c1.CCCS(=O)(=O)c1cccc(N=Nc2c(N)c(N=Nc3ccccc3C(=O)OC)cc(S(=O)(=O)O)c2N)c1.COc1ccc(CCCO)cc1N=Nc1cc(S(=O)(=O)O)c(N)c(N=Nc2ccccc2C)c1N.Cc1ccccc1N=Nc1c(N)c(N=Nc2cccc(CCCO)c2)cc(S(=O)(=O)O)c1N. The number of nitrogen functional groups attached to an aromatic ring is 8. The molecule has 0 radical (unpaired) electrons. The Bertz CT molecular complexity index is 7920. The first-order valence-electron chi connectivity index (χ1n) is 42.9. The number of carbonyl (C=O) groups is 2. The second-order valence-electron chi connectivity index (χ2n) is 30.8. The number of sulfone groups is 2. The quantitative estimate of drug-likeness (QED) is 0.00750. The number of methoxy groups -OCH3 is 3. The van der Waals surface area contributed by atoms with Gasteiger partial charge in [-0.2, -0.15) is 54.1 Å². The summed E-state index contributed by atoms with van der Waals surface area (Å²) >= 11 is 0. The van der Waals surface area contributed by atoms with Crippen molar-refractivity contribution in [3.05, 3.63) is 245 Å². The number of azo groups is 8. The Kier molecular flexibility index (Phi) is 39.5. The lowest BCUT2D eigenvalue weighted by molar-refractivity contribution is 0.0592. The monoisotopic (exact) mass is 2120 g/mol. The van der Waals surface area contributed by atoms with E-state index in [2.05, 4.69) is 81.8 Å². The van der Waals surface area contributed by atoms with Crippen molar-refractivity contribution in [3.8, 4) is 5.75 Å². The third-order valence-corrected chi connectivity index (χ3v) is 27.9. The molecule has 0 fully saturated rings. The molecular formula is C92H100N24O24S6. The van der Waals surface area contributed by atoms with Crippen molar-refractivity contribution in [3.63, 3.8) is 0 Å². The number of nitrogens with two attached hydrogens (primary N) is 8. The second kappa shape index (κ2) is 50.8. The average molecular weight is 2120 g/mol. The number of carbonyl (C=O) groups excluding carboxylic acids is 2. The van der Waals surface area contributed by atoms with E-state index in [-0.39, 0.29) is 148 Å². The first-order chi connectivity index (χ1) is 69.1. The Morgan fingerprint density at radius 1 is 0.308 bits per heavy atom. The van der Waals surface area contributed by atoms with Crippen LogP contribution in [0.2, 0.25) is 0 Å². The summed E-state index contributed by atoms with van der Waals surface area (Å²) in [6.07, 6.45) is 3.26. The third-order valence-electron chi connectivity index (χ3n) is 20.5. The van der Waals surface area contributed by atoms with Gasteiger partial charge in [0.05, 0.1) is 134 Å². The molecule has 0 saturated carbocycles. The fourth-order valence-corrected chi connectivity index (χ4v) is 18.2. The molecule has 12 rings (SSSR count). The topological polar surface area (TPSA) is 814 Å². The van der Waals surface area contributed by atoms with Crippen molar-refractivity contribution in [2.24, 2.45) is 81.8 Å². The summed E-state index contributed by atoms with van der Waals surface area (Å²) in [5.74, 6) is -1.13. The summed E-state index contributed by atoms with van der Waals surface area (Å²) in [5.41, 5.74) is 50.3. The van der Waals surface area contributed by atoms with E-state index in [1.165, 1.54) is 88.1 Å². The van der Waals surface area contributed by atoms with E-state index in [1.54, 1.807) is 92.7 Å². The molecule has 0 unspecified atom stereocenters. The normalized spacial score (nSPS) is 12.2. The molecule has 0 aliphatic carbocycles. The molecule has 146 heavy (non-hydrogen) atoms. The van der Waals surface area contributed by atoms with Crippen LogP contribution in [0.4, 0.5) is 136 Å². The number of benzene rings is 12. The smallest absolute Gasteiger partial charge is 0.340 e. The molecular weight excluding hydrogens is 2020 g/mol. The molecule has 23 N–H and O–H groups in total. The lowest BCUT2D eigenvalue weighted by atomic mass is 10.1. The first kappa shape index (κ1) is 114. The molecule has 0 aliphatic heterocycles. The van der Waals surface area contributed by atoms with Crippen molar-refractivity contribution in [1.82, 2.24) is 0 Å². The lowest BCUT2D eigenvalue weighted by Crippen LogP contribution is -2.06. The highest BCUT2D eigenvalue weighted by molar-refractivity contribution is 7.91. The van der Waals surface area contributed by atoms with E-state index in [0.717, 1.165) is 46.5 Å². The van der Waals surface area contributed by atoms with Crippen LogP contribution in [0.1, 0.15) is 88.1 Å². The van der Waals surface area contributed by atoms with Gasteiger partial charge < -0.3 is 75.4 Å². The molecule has 0 saturated heterocycles. The van der Waals surface area contributed by atoms with Crippen LogP contribution in [0.25, 0.3) is 0 Å². The van der Waals surface area contributed by atoms with Gasteiger partial charge in [0.15, 0.2) is 19.7 Å². The van der Waals surface area contributed by atoms with Crippen LogP contribution in [0.15, 0.2) is 317 Å². The molecule has 0 spiro atoms. The van der Waals surface area contributed by atoms with Gasteiger partial charge in [-0.25, -0.2) is 26.4 Å². The van der Waals surface area contributed by atoms with Gasteiger partial charge in [0.25, 0.3) is 40.5 Å². The molecule has 0 heterocycles. The summed E-state index contributed by atoms with van der Waals surface area (Å²) in [6.45, 7) is 6.71. The van der Waals surface area contributed by atoms with Crippen molar-refractivity contribution in [1.29, 1.82) is 0 Å². The number of ether oxygens (including phenoxy) is 3. The average Bonchev–Trinajstić information content (AvgIpc) is 0.788. The van der Waals surface area contributed by atoms with Crippen molar-refractivity contribution in [2.75, 3.05) is 91.9 Å². The molecule has 0 amide bonds. The largest absolute Gasteiger partial charge is 0.494 e. The molecule has 12 aromatic rings. The fourth-order valence-electron chi connectivity index (χ4n) is 12.9. The van der Waals surface area contributed by atoms with E-state index in [0.29, 0.717) is 67.0 Å². The Morgan fingerprint density at radius 2 is 0.630 bits per heavy atom. The zero-order valence-corrected chi connectivity index (χ0v) is 83.6. The number of esters is 2. The van der Waals surface area contributed by atoms with Gasteiger partial charge in [0.2, 0.25) is 0 Å². The number of hydrogen-bond acceptors (Lipinski definition) is 44. The molecule has 0 bridgehead atoms. The number of aliphatic hydroxyl groups excluding tert-OH is 3. The molecule has 12 aromatic carbocycles. The van der Waals surface area contributed by atoms with Crippen LogP contribution in [-0.2, 0) is 89.1 Å². The van der Waals surface area contributed by atoms with Gasteiger partial charge >= 0.3 is 11.9 Å². The van der Waals surface area contributed by atoms with Gasteiger partial charge in [-0.05, 0) is 190 Å². The van der Waals surface area contributed by atoms with Gasteiger partial charge in [0, 0.05) is 18.8 Å². The maximum Gasteiger partial charge on any atom is 0.340 e. The van der Waals surface area contributed by atoms with Crippen LogP contribution in [-0.4, -0.2) is 142 Å². The Morgan fingerprint density at radius 3 is 1.00 bits per heavy atom. The number of nitrogens with zero attached hydrogens (tertiary/aromatic N) is 16. The number of rotatable bonds is 36. The van der Waals surface area contributed by atoms with E-state index in [4.69, 9.17) is 70.3 Å². The highest BCUT2D eigenvalue weighted by Crippen LogP contribution is 2.49. The van der Waals surface area contributed by atoms with Crippen molar-refractivity contribution >= 4 is 209 Å². The standard InChI is InChI=1S/C24H26N6O8S2.C23H24N6O7S2.C23H26N6O5S.C22H24N6O4S/c1-3-10-39(33,34)15-9-8-14(13-31)18(11-15)28-30-23-21(25)19(12-20(22(23)26)40(35,36)37)29-27-17-7-5-4-6-16(17)24(32)38-2;1-3-11-37(31,32)15-8-6-7-14(12-15)26-29-22-20(24)18(13-19(21(22)25)38(33,34)35)28-27-17-10-5-4-9-16(17)23(30)36-2;1-14-6-3-4-8-16(14)26-29-23-21(24)18(13-20(22(23)25)35(31,32)33)28-27-17-12-15(7-5-11-30)9-10-19(17)34-2;1-14-6-2-3-10-17(14)26-28-22-20(23)18(13-19(21(22)24)33(30,31)32)27-25-16-9-4-7-15(12-16)8-5-11-29/h4-9,11-12,31H,3,10,13,25-26H2,1-2H3,(H,35,36,37);4-10,12-13H,3,11,24-25H2,1-2H3,(H,33,34,35);3-4,6,8-10,12-13,30H,5,7,11,24-25H2,1-2H3,(H,31,32,33);2-4,6-7,9-10,12-13,29H,5,8,11,23-24H2,1H3,(H,30,31,32). The lowest BCUT2D eigenvalue weighted by Gasteiger charge is -2.11. The zero-order valence-electron chi connectivity index (χ0n) is 78.7. The third kappa shape index (κ3) is 30.1. The number of anilines is 8. The highest BCUT2D eigenvalue weighted by Gasteiger charge is 2.29. The van der Waals surface area contributed by atoms with Gasteiger partial charge in [-0.15, -0.1) is 61.4 Å². The first-order valence-corrected chi connectivity index (χ1v) is 52.0. The van der Waals surface area contributed by atoms with Crippen LogP contribution in [0, 0.1) is 13.8 Å². The molecule has 0 atom stereocenters. The predicted octanol–water partition coefficient (Wildman–Crippen LogP) is 19.6. The van der Waals surface area contributed by atoms with Crippen LogP contribution < -0.4 is 50.6 Å². The predicted molar refractivity (Wildman–Crippen MR) is 545 cm³/mol. The number of aryl methyl sites for hydroxylation is 4. The summed E-state index contributed by atoms with van der Waals surface area (Å²) in [6, 6.07) is 52.2. The molecule has 54 heteroatoms. The number of hydrogen-bond donors (Lipinski definition) is 15. The molecule has 0 aliphatic rings. The Hall–Kier alpha value is -16.0. The minimum Gasteiger partial charge on any atom is -0.494 e. The zero-order chi connectivity index (χ0) is 107. The summed E-state index contributed by atoms with van der Waals surface area (Å²) in [5, 5.41) is 92.1.